The van der Waals surface area contributed by atoms with Gasteiger partial charge in [0.25, 0.3) is 0 Å². The van der Waals surface area contributed by atoms with Crippen LogP contribution in [0, 0.1) is 13.8 Å². The summed E-state index contributed by atoms with van der Waals surface area (Å²) in [6.45, 7) is 5.02. The quantitative estimate of drug-likeness (QED) is 0.909. The van der Waals surface area contributed by atoms with Gasteiger partial charge in [-0.1, -0.05) is 30.3 Å². The highest BCUT2D eigenvalue weighted by atomic mass is 16.1. The summed E-state index contributed by atoms with van der Waals surface area (Å²) in [6.07, 6.45) is 1.50. The molecule has 0 radical (unpaired) electrons. The second-order valence-corrected chi connectivity index (χ2v) is 6.08. The molecule has 1 atom stereocenters. The smallest absolute Gasteiger partial charge is 0.226 e. The zero-order valence-corrected chi connectivity index (χ0v) is 13.1. The molecule has 2 aromatic carbocycles. The van der Waals surface area contributed by atoms with E-state index in [-0.39, 0.29) is 11.9 Å². The minimum Gasteiger partial charge on any atom is -0.326 e. The number of carbonyl (C=O) groups is 1. The van der Waals surface area contributed by atoms with Gasteiger partial charge in [-0.15, -0.1) is 0 Å². The highest BCUT2D eigenvalue weighted by molar-refractivity contribution is 5.91. The number of aryl methyl sites for hydroxylation is 2. The number of amides is 1. The lowest BCUT2D eigenvalue weighted by Crippen LogP contribution is -2.32. The van der Waals surface area contributed by atoms with Crippen LogP contribution in [0.2, 0.25) is 0 Å². The lowest BCUT2D eigenvalue weighted by molar-refractivity contribution is -0.116. The molecule has 1 heterocycles. The fourth-order valence-corrected chi connectivity index (χ4v) is 3.22. The van der Waals surface area contributed by atoms with Gasteiger partial charge in [-0.25, -0.2) is 0 Å². The minimum absolute atomic E-state index is 0.0548. The first-order valence-electron chi connectivity index (χ1n) is 7.81. The average Bonchev–Trinajstić information content (AvgIpc) is 2.46. The Morgan fingerprint density at radius 2 is 1.91 bits per heavy atom. The van der Waals surface area contributed by atoms with Gasteiger partial charge in [-0.2, -0.15) is 0 Å². The van der Waals surface area contributed by atoms with E-state index in [1.165, 1.54) is 11.1 Å². The molecule has 114 valence electrons. The standard InChI is InChI=1S/C19H22N2O/c1-13-9-14(2)11-16(10-13)21-19(22)12-18-17-6-4-3-5-15(17)7-8-20-18/h3-6,9-11,18,20H,7-8,12H2,1-2H3,(H,21,22). The highest BCUT2D eigenvalue weighted by Gasteiger charge is 2.21. The molecule has 22 heavy (non-hydrogen) atoms. The van der Waals surface area contributed by atoms with Crippen LogP contribution in [-0.4, -0.2) is 12.5 Å². The van der Waals surface area contributed by atoms with Crippen molar-refractivity contribution in [1.82, 2.24) is 5.32 Å². The van der Waals surface area contributed by atoms with Crippen molar-refractivity contribution in [3.63, 3.8) is 0 Å². The molecule has 1 aliphatic heterocycles. The van der Waals surface area contributed by atoms with E-state index in [4.69, 9.17) is 0 Å². The van der Waals surface area contributed by atoms with E-state index in [9.17, 15) is 4.79 Å². The summed E-state index contributed by atoms with van der Waals surface area (Å²) in [6, 6.07) is 14.6. The second kappa shape index (κ2) is 6.32. The molecule has 0 saturated heterocycles. The molecule has 3 heteroatoms. The molecule has 3 rings (SSSR count). The topological polar surface area (TPSA) is 41.1 Å². The Morgan fingerprint density at radius 3 is 2.68 bits per heavy atom. The highest BCUT2D eigenvalue weighted by Crippen LogP contribution is 2.25. The van der Waals surface area contributed by atoms with Crippen LogP contribution in [-0.2, 0) is 11.2 Å². The Kier molecular flexibility index (Phi) is 4.25. The summed E-state index contributed by atoms with van der Waals surface area (Å²) < 4.78 is 0. The van der Waals surface area contributed by atoms with Crippen molar-refractivity contribution in [1.29, 1.82) is 0 Å². The fraction of sp³-hybridized carbons (Fsp3) is 0.316. The maximum absolute atomic E-state index is 12.4. The first-order valence-corrected chi connectivity index (χ1v) is 7.81. The summed E-state index contributed by atoms with van der Waals surface area (Å²) in [5, 5.41) is 6.48. The lowest BCUT2D eigenvalue weighted by atomic mass is 9.92. The van der Waals surface area contributed by atoms with Crippen molar-refractivity contribution in [3.8, 4) is 0 Å². The molecule has 0 aromatic heterocycles. The number of anilines is 1. The molecule has 3 nitrogen and oxygen atoms in total. The van der Waals surface area contributed by atoms with Gasteiger partial charge in [0, 0.05) is 18.2 Å². The van der Waals surface area contributed by atoms with Gasteiger partial charge in [0.1, 0.15) is 0 Å². The van der Waals surface area contributed by atoms with Crippen LogP contribution in [0.4, 0.5) is 5.69 Å². The third-order valence-electron chi connectivity index (χ3n) is 4.11. The Morgan fingerprint density at radius 1 is 1.18 bits per heavy atom. The van der Waals surface area contributed by atoms with Crippen LogP contribution in [0.25, 0.3) is 0 Å². The fourth-order valence-electron chi connectivity index (χ4n) is 3.22. The number of fused-ring (bicyclic) bond motifs is 1. The lowest BCUT2D eigenvalue weighted by Gasteiger charge is -2.26. The summed E-state index contributed by atoms with van der Waals surface area (Å²) >= 11 is 0. The van der Waals surface area contributed by atoms with Crippen LogP contribution in [0.3, 0.4) is 0 Å². The molecule has 0 saturated carbocycles. The zero-order chi connectivity index (χ0) is 15.5. The predicted octanol–water partition coefficient (Wildman–Crippen LogP) is 3.52. The van der Waals surface area contributed by atoms with Crippen molar-refractivity contribution >= 4 is 11.6 Å². The Balaban J connectivity index is 1.70. The van der Waals surface area contributed by atoms with Crippen LogP contribution in [0.1, 0.15) is 34.7 Å². The van der Waals surface area contributed by atoms with E-state index in [1.807, 2.05) is 32.0 Å². The summed E-state index contributed by atoms with van der Waals surface area (Å²) in [4.78, 5) is 12.4. The largest absolute Gasteiger partial charge is 0.326 e. The van der Waals surface area contributed by atoms with Gasteiger partial charge in [-0.05, 0) is 61.2 Å². The van der Waals surface area contributed by atoms with Gasteiger partial charge in [-0.3, -0.25) is 4.79 Å². The maximum atomic E-state index is 12.4. The number of nitrogens with one attached hydrogen (secondary N) is 2. The first kappa shape index (κ1) is 14.8. The number of hydrogen-bond acceptors (Lipinski definition) is 2. The van der Waals surface area contributed by atoms with Gasteiger partial charge >= 0.3 is 0 Å². The van der Waals surface area contributed by atoms with Crippen molar-refractivity contribution in [2.75, 3.05) is 11.9 Å². The Bertz CT molecular complexity index is 673. The van der Waals surface area contributed by atoms with E-state index in [1.54, 1.807) is 0 Å². The number of rotatable bonds is 3. The number of hydrogen-bond donors (Lipinski definition) is 2. The summed E-state index contributed by atoms with van der Waals surface area (Å²) in [5.74, 6) is 0.0548. The van der Waals surface area contributed by atoms with Gasteiger partial charge in [0.2, 0.25) is 5.91 Å². The van der Waals surface area contributed by atoms with E-state index in [0.29, 0.717) is 6.42 Å². The molecule has 0 fully saturated rings. The Hall–Kier alpha value is -2.13. The molecular formula is C19H22N2O. The molecule has 1 amide bonds. The van der Waals surface area contributed by atoms with Gasteiger partial charge < -0.3 is 10.6 Å². The summed E-state index contributed by atoms with van der Waals surface area (Å²) in [5.41, 5.74) is 5.81. The molecule has 2 aromatic rings. The van der Waals surface area contributed by atoms with Crippen molar-refractivity contribution in [2.45, 2.75) is 32.7 Å². The van der Waals surface area contributed by atoms with Crippen molar-refractivity contribution in [3.05, 3.63) is 64.7 Å². The molecule has 1 aliphatic rings. The monoisotopic (exact) mass is 294 g/mol. The molecule has 2 N–H and O–H groups in total. The van der Waals surface area contributed by atoms with Crippen LogP contribution < -0.4 is 10.6 Å². The molecule has 0 spiro atoms. The maximum Gasteiger partial charge on any atom is 0.226 e. The van der Waals surface area contributed by atoms with E-state index in [0.717, 1.165) is 29.8 Å². The number of benzene rings is 2. The second-order valence-electron chi connectivity index (χ2n) is 6.08. The zero-order valence-electron chi connectivity index (χ0n) is 13.1. The van der Waals surface area contributed by atoms with Gasteiger partial charge in [0.05, 0.1) is 0 Å². The molecule has 1 unspecified atom stereocenters. The number of carbonyl (C=O) groups excluding carboxylic acids is 1. The predicted molar refractivity (Wildman–Crippen MR) is 90.1 cm³/mol. The Labute approximate surface area is 131 Å². The van der Waals surface area contributed by atoms with E-state index >= 15 is 0 Å². The van der Waals surface area contributed by atoms with E-state index in [2.05, 4.69) is 34.9 Å². The SMILES string of the molecule is Cc1cc(C)cc(NC(=O)CC2NCCc3ccccc32)c1. The average molecular weight is 294 g/mol. The van der Waals surface area contributed by atoms with Gasteiger partial charge in [0.15, 0.2) is 0 Å². The first-order chi connectivity index (χ1) is 10.6. The third kappa shape index (κ3) is 3.37. The van der Waals surface area contributed by atoms with Crippen molar-refractivity contribution in [2.24, 2.45) is 0 Å². The molecule has 0 aliphatic carbocycles. The van der Waals surface area contributed by atoms with Crippen molar-refractivity contribution < 1.29 is 4.79 Å². The van der Waals surface area contributed by atoms with Crippen LogP contribution >= 0.6 is 0 Å². The van der Waals surface area contributed by atoms with Crippen LogP contribution in [0.5, 0.6) is 0 Å². The minimum atomic E-state index is 0.0548. The summed E-state index contributed by atoms with van der Waals surface area (Å²) in [7, 11) is 0. The normalized spacial score (nSPS) is 16.9. The molecular weight excluding hydrogens is 272 g/mol. The molecule has 0 bridgehead atoms. The van der Waals surface area contributed by atoms with Crippen LogP contribution in [0.15, 0.2) is 42.5 Å². The third-order valence-corrected chi connectivity index (χ3v) is 4.11. The van der Waals surface area contributed by atoms with E-state index < -0.39 is 0 Å².